The van der Waals surface area contributed by atoms with Gasteiger partial charge in [-0.15, -0.1) is 0 Å². The lowest BCUT2D eigenvalue weighted by Gasteiger charge is -2.14. The largest absolute Gasteiger partial charge is 0.412 e. The van der Waals surface area contributed by atoms with Crippen molar-refractivity contribution in [1.29, 1.82) is 0 Å². The van der Waals surface area contributed by atoms with Crippen molar-refractivity contribution in [1.82, 2.24) is 5.43 Å². The second-order valence-electron chi connectivity index (χ2n) is 3.39. The van der Waals surface area contributed by atoms with E-state index < -0.39 is 0 Å². The van der Waals surface area contributed by atoms with Crippen molar-refractivity contribution in [3.8, 4) is 0 Å². The topological polar surface area (TPSA) is 159 Å². The average molecular weight is 258 g/mol. The highest BCUT2D eigenvalue weighted by atomic mass is 16.3. The van der Waals surface area contributed by atoms with E-state index in [1.165, 1.54) is 0 Å². The number of nitrogens with two attached hydrogens (primary N) is 3. The molecular formula is C11H22N4O3. The minimum atomic E-state index is -0.211. The van der Waals surface area contributed by atoms with Crippen LogP contribution in [0.1, 0.15) is 24.3 Å². The van der Waals surface area contributed by atoms with Crippen molar-refractivity contribution < 1.29 is 15.4 Å². The van der Waals surface area contributed by atoms with Gasteiger partial charge in [0, 0.05) is 13.0 Å². The van der Waals surface area contributed by atoms with Crippen LogP contribution in [0.25, 0.3) is 0 Å². The fraction of sp³-hybridized carbons (Fsp3) is 0.364. The summed E-state index contributed by atoms with van der Waals surface area (Å²) in [7, 11) is 0. The molecule has 1 amide bonds. The first-order valence-corrected chi connectivity index (χ1v) is 5.26. The number of amides is 1. The fourth-order valence-electron chi connectivity index (χ4n) is 1.55. The molecule has 18 heavy (non-hydrogen) atoms. The van der Waals surface area contributed by atoms with Gasteiger partial charge in [0.15, 0.2) is 0 Å². The van der Waals surface area contributed by atoms with E-state index in [9.17, 15) is 4.79 Å². The van der Waals surface area contributed by atoms with E-state index in [1.807, 2.05) is 30.3 Å². The van der Waals surface area contributed by atoms with Crippen LogP contribution in [0.2, 0.25) is 0 Å². The molecule has 0 bridgehead atoms. The van der Waals surface area contributed by atoms with Crippen LogP contribution in [-0.2, 0) is 4.79 Å². The van der Waals surface area contributed by atoms with Gasteiger partial charge in [0.05, 0.1) is 0 Å². The van der Waals surface area contributed by atoms with Gasteiger partial charge < -0.3 is 10.6 Å². The van der Waals surface area contributed by atoms with Gasteiger partial charge in [-0.3, -0.25) is 21.9 Å². The molecule has 1 rings (SSSR count). The summed E-state index contributed by atoms with van der Waals surface area (Å²) in [6.45, 7) is 0.0669. The minimum Gasteiger partial charge on any atom is -0.412 e. The molecular weight excluding hydrogens is 236 g/mol. The smallest absolute Gasteiger partial charge is 0.234 e. The Kier molecular flexibility index (Phi) is 12.5. The van der Waals surface area contributed by atoms with E-state index in [-0.39, 0.29) is 23.9 Å². The summed E-state index contributed by atoms with van der Waals surface area (Å²) in [6, 6.07) is 9.65. The highest BCUT2D eigenvalue weighted by molar-refractivity contribution is 5.76. The predicted molar refractivity (Wildman–Crippen MR) is 69.8 cm³/mol. The number of carbonyl (C=O) groups excluding carboxylic acids is 1. The molecule has 0 heterocycles. The fourth-order valence-corrected chi connectivity index (χ4v) is 1.55. The van der Waals surface area contributed by atoms with Crippen LogP contribution in [0.15, 0.2) is 30.3 Å². The lowest BCUT2D eigenvalue weighted by atomic mass is 9.92. The number of nitrogens with one attached hydrogen (secondary N) is 1. The van der Waals surface area contributed by atoms with Crippen LogP contribution < -0.4 is 23.0 Å². The van der Waals surface area contributed by atoms with E-state index in [4.69, 9.17) is 10.9 Å². The number of hydrogen-bond donors (Lipinski definition) is 5. The summed E-state index contributed by atoms with van der Waals surface area (Å²) in [5, 5.41) is 8.92. The standard InChI is InChI=1S/C11H16N2O2.H4N2.H2O/c12-13-11(15)8-10(6-7-14)9-4-2-1-3-5-9;1-2;/h1-5,10,14H,6-8,12H2,(H,13,15);1-2H2;1H2. The van der Waals surface area contributed by atoms with Gasteiger partial charge in [-0.2, -0.15) is 0 Å². The zero-order valence-corrected chi connectivity index (χ0v) is 10.2. The van der Waals surface area contributed by atoms with Crippen molar-refractivity contribution in [3.63, 3.8) is 0 Å². The third kappa shape index (κ3) is 6.94. The Morgan fingerprint density at radius 1 is 1.28 bits per heavy atom. The zero-order valence-electron chi connectivity index (χ0n) is 10.2. The van der Waals surface area contributed by atoms with Gasteiger partial charge in [-0.1, -0.05) is 30.3 Å². The van der Waals surface area contributed by atoms with Crippen LogP contribution in [0.3, 0.4) is 0 Å². The highest BCUT2D eigenvalue weighted by Crippen LogP contribution is 2.22. The van der Waals surface area contributed by atoms with Gasteiger partial charge in [0.1, 0.15) is 0 Å². The number of benzene rings is 1. The summed E-state index contributed by atoms with van der Waals surface area (Å²) >= 11 is 0. The molecule has 0 saturated carbocycles. The Morgan fingerprint density at radius 2 is 1.83 bits per heavy atom. The van der Waals surface area contributed by atoms with Crippen LogP contribution in [-0.4, -0.2) is 23.1 Å². The van der Waals surface area contributed by atoms with E-state index in [0.29, 0.717) is 12.8 Å². The Hall–Kier alpha value is -1.51. The Morgan fingerprint density at radius 3 is 2.28 bits per heavy atom. The van der Waals surface area contributed by atoms with E-state index in [0.717, 1.165) is 5.56 Å². The average Bonchev–Trinajstić information content (AvgIpc) is 2.41. The number of carbonyl (C=O) groups is 1. The van der Waals surface area contributed by atoms with Gasteiger partial charge >= 0.3 is 0 Å². The molecule has 0 saturated heterocycles. The molecule has 0 aliphatic heterocycles. The Bertz CT molecular complexity index is 308. The first-order valence-electron chi connectivity index (χ1n) is 5.26. The monoisotopic (exact) mass is 258 g/mol. The molecule has 10 N–H and O–H groups in total. The molecule has 1 unspecified atom stereocenters. The minimum absolute atomic E-state index is 0. The third-order valence-corrected chi connectivity index (χ3v) is 2.34. The Labute approximate surface area is 106 Å². The summed E-state index contributed by atoms with van der Waals surface area (Å²) in [5.41, 5.74) is 3.15. The summed E-state index contributed by atoms with van der Waals surface area (Å²) in [4.78, 5) is 11.2. The summed E-state index contributed by atoms with van der Waals surface area (Å²) in [5.74, 6) is 12.8. The zero-order chi connectivity index (χ0) is 13.1. The second kappa shape index (κ2) is 12.0. The number of hydrazine groups is 2. The highest BCUT2D eigenvalue weighted by Gasteiger charge is 2.14. The molecule has 1 aromatic carbocycles. The van der Waals surface area contributed by atoms with Gasteiger partial charge in [-0.25, -0.2) is 5.84 Å². The van der Waals surface area contributed by atoms with Gasteiger partial charge in [0.2, 0.25) is 5.91 Å². The molecule has 0 fully saturated rings. The second-order valence-corrected chi connectivity index (χ2v) is 3.39. The van der Waals surface area contributed by atoms with E-state index in [1.54, 1.807) is 0 Å². The molecule has 0 aromatic heterocycles. The molecule has 0 aliphatic carbocycles. The normalized spacial score (nSPS) is 10.4. The van der Waals surface area contributed by atoms with Crippen molar-refractivity contribution >= 4 is 5.91 Å². The first kappa shape index (κ1) is 18.8. The lowest BCUT2D eigenvalue weighted by Crippen LogP contribution is -2.31. The van der Waals surface area contributed by atoms with Crippen LogP contribution in [0, 0.1) is 0 Å². The third-order valence-electron chi connectivity index (χ3n) is 2.34. The SMILES string of the molecule is NN.NNC(=O)CC(CCO)c1ccccc1.O. The summed E-state index contributed by atoms with van der Waals surface area (Å²) in [6.07, 6.45) is 0.874. The molecule has 104 valence electrons. The quantitative estimate of drug-likeness (QED) is 0.247. The molecule has 0 spiro atoms. The molecule has 0 radical (unpaired) electrons. The van der Waals surface area contributed by atoms with Gasteiger partial charge in [0.25, 0.3) is 0 Å². The number of rotatable bonds is 5. The number of aliphatic hydroxyl groups is 1. The molecule has 7 heteroatoms. The maximum Gasteiger partial charge on any atom is 0.234 e. The lowest BCUT2D eigenvalue weighted by molar-refractivity contribution is -0.121. The maximum absolute atomic E-state index is 11.2. The first-order chi connectivity index (χ1) is 8.27. The number of hydrogen-bond acceptors (Lipinski definition) is 5. The Balaban J connectivity index is 0. The summed E-state index contributed by atoms with van der Waals surface area (Å²) < 4.78 is 0. The molecule has 7 nitrogen and oxygen atoms in total. The van der Waals surface area contributed by atoms with E-state index in [2.05, 4.69) is 17.1 Å². The van der Waals surface area contributed by atoms with Crippen LogP contribution in [0.5, 0.6) is 0 Å². The molecule has 1 atom stereocenters. The predicted octanol–water partition coefficient (Wildman–Crippen LogP) is -1.47. The van der Waals surface area contributed by atoms with Crippen LogP contribution >= 0.6 is 0 Å². The van der Waals surface area contributed by atoms with Crippen molar-refractivity contribution in [2.75, 3.05) is 6.61 Å². The van der Waals surface area contributed by atoms with Crippen LogP contribution in [0.4, 0.5) is 0 Å². The van der Waals surface area contributed by atoms with Crippen molar-refractivity contribution in [2.45, 2.75) is 18.8 Å². The molecule has 1 aromatic rings. The van der Waals surface area contributed by atoms with E-state index >= 15 is 0 Å². The number of aliphatic hydroxyl groups excluding tert-OH is 1. The van der Waals surface area contributed by atoms with Crippen molar-refractivity contribution in [2.24, 2.45) is 17.5 Å². The van der Waals surface area contributed by atoms with Crippen molar-refractivity contribution in [3.05, 3.63) is 35.9 Å². The van der Waals surface area contributed by atoms with Gasteiger partial charge in [-0.05, 0) is 17.9 Å². The maximum atomic E-state index is 11.2. The molecule has 0 aliphatic rings.